The summed E-state index contributed by atoms with van der Waals surface area (Å²) in [5.41, 5.74) is 2.57. The first kappa shape index (κ1) is 12.0. The van der Waals surface area contributed by atoms with Crippen LogP contribution in [-0.4, -0.2) is 26.7 Å². The molecule has 88 valence electrons. The molecular weight excluding hydrogens is 240 g/mol. The Morgan fingerprint density at radius 2 is 2.31 bits per heavy atom. The van der Waals surface area contributed by atoms with E-state index in [9.17, 15) is 0 Å². The van der Waals surface area contributed by atoms with Gasteiger partial charge in [0.15, 0.2) is 0 Å². The summed E-state index contributed by atoms with van der Waals surface area (Å²) in [5.74, 6) is 9.36. The standard InChI is InChI=1S/C10H16N4S2/c1-2-7-9(16-6-5-15-7)10-12-4-3-8(13-10)14-11/h3-4,7,9H,2,5-6,11H2,1H3,(H,12,13,14). The lowest BCUT2D eigenvalue weighted by molar-refractivity contribution is 0.750. The summed E-state index contributed by atoms with van der Waals surface area (Å²) in [7, 11) is 0. The van der Waals surface area contributed by atoms with Gasteiger partial charge in [-0.3, -0.25) is 0 Å². The van der Waals surface area contributed by atoms with Crippen molar-refractivity contribution in [1.29, 1.82) is 0 Å². The number of nitrogen functional groups attached to an aromatic ring is 1. The molecule has 2 atom stereocenters. The molecule has 0 aliphatic carbocycles. The molecule has 1 aliphatic rings. The number of nitrogens with two attached hydrogens (primary N) is 1. The lowest BCUT2D eigenvalue weighted by atomic mass is 10.2. The molecule has 1 fully saturated rings. The Morgan fingerprint density at radius 3 is 3.06 bits per heavy atom. The van der Waals surface area contributed by atoms with Gasteiger partial charge in [0, 0.05) is 29.0 Å². The van der Waals surface area contributed by atoms with Crippen molar-refractivity contribution in [2.45, 2.75) is 23.8 Å². The predicted molar refractivity (Wildman–Crippen MR) is 71.6 cm³/mol. The summed E-state index contributed by atoms with van der Waals surface area (Å²) < 4.78 is 0. The SMILES string of the molecule is CCC1SCCSC1c1nccc(NN)n1. The number of nitrogens with zero attached hydrogens (tertiary/aromatic N) is 2. The molecule has 1 aromatic heterocycles. The highest BCUT2D eigenvalue weighted by Crippen LogP contribution is 2.42. The minimum absolute atomic E-state index is 0.400. The maximum atomic E-state index is 5.36. The average Bonchev–Trinajstić information content (AvgIpc) is 2.38. The molecule has 1 aromatic rings. The van der Waals surface area contributed by atoms with Crippen LogP contribution in [0.5, 0.6) is 0 Å². The summed E-state index contributed by atoms with van der Waals surface area (Å²) in [6.07, 6.45) is 2.93. The van der Waals surface area contributed by atoms with Crippen molar-refractivity contribution in [2.75, 3.05) is 16.9 Å². The Bertz CT molecular complexity index is 347. The molecule has 0 saturated carbocycles. The van der Waals surface area contributed by atoms with Crippen molar-refractivity contribution in [3.63, 3.8) is 0 Å². The monoisotopic (exact) mass is 256 g/mol. The van der Waals surface area contributed by atoms with Crippen LogP contribution in [0.15, 0.2) is 12.3 Å². The van der Waals surface area contributed by atoms with Crippen molar-refractivity contribution in [1.82, 2.24) is 9.97 Å². The number of thioether (sulfide) groups is 2. The zero-order chi connectivity index (χ0) is 11.4. The fourth-order valence-electron chi connectivity index (χ4n) is 1.73. The van der Waals surface area contributed by atoms with Gasteiger partial charge in [-0.05, 0) is 6.42 Å². The molecular formula is C10H16N4S2. The van der Waals surface area contributed by atoms with Gasteiger partial charge >= 0.3 is 0 Å². The number of anilines is 1. The molecule has 6 heteroatoms. The largest absolute Gasteiger partial charge is 0.308 e. The van der Waals surface area contributed by atoms with Crippen LogP contribution in [0.2, 0.25) is 0 Å². The molecule has 0 bridgehead atoms. The molecule has 0 spiro atoms. The van der Waals surface area contributed by atoms with Gasteiger partial charge in [-0.1, -0.05) is 6.92 Å². The number of rotatable bonds is 3. The highest BCUT2D eigenvalue weighted by molar-refractivity contribution is 8.06. The van der Waals surface area contributed by atoms with Crippen LogP contribution in [0.1, 0.15) is 24.4 Å². The zero-order valence-electron chi connectivity index (χ0n) is 9.22. The summed E-state index contributed by atoms with van der Waals surface area (Å²) in [6, 6.07) is 1.78. The van der Waals surface area contributed by atoms with Crippen LogP contribution in [-0.2, 0) is 0 Å². The second-order valence-corrected chi connectivity index (χ2v) is 6.15. The fraction of sp³-hybridized carbons (Fsp3) is 0.600. The Hall–Kier alpha value is -0.460. The fourth-order valence-corrected chi connectivity index (χ4v) is 4.73. The Balaban J connectivity index is 2.20. The van der Waals surface area contributed by atoms with Crippen LogP contribution >= 0.6 is 23.5 Å². The molecule has 3 N–H and O–H groups in total. The van der Waals surface area contributed by atoms with Crippen molar-refractivity contribution in [2.24, 2.45) is 5.84 Å². The summed E-state index contributed by atoms with van der Waals surface area (Å²) in [6.45, 7) is 2.22. The number of aromatic nitrogens is 2. The van der Waals surface area contributed by atoms with Crippen LogP contribution in [0.25, 0.3) is 0 Å². The van der Waals surface area contributed by atoms with Crippen molar-refractivity contribution in [3.8, 4) is 0 Å². The Kier molecular flexibility index (Phi) is 4.31. The minimum Gasteiger partial charge on any atom is -0.308 e. The van der Waals surface area contributed by atoms with E-state index in [-0.39, 0.29) is 0 Å². The van der Waals surface area contributed by atoms with Crippen molar-refractivity contribution < 1.29 is 0 Å². The van der Waals surface area contributed by atoms with Gasteiger partial charge in [0.1, 0.15) is 11.6 Å². The van der Waals surface area contributed by atoms with Gasteiger partial charge in [-0.2, -0.15) is 11.8 Å². The maximum absolute atomic E-state index is 5.36. The predicted octanol–water partition coefficient (Wildman–Crippen LogP) is 2.06. The van der Waals surface area contributed by atoms with Gasteiger partial charge in [0.25, 0.3) is 0 Å². The van der Waals surface area contributed by atoms with Gasteiger partial charge < -0.3 is 5.43 Å². The van der Waals surface area contributed by atoms with Gasteiger partial charge in [-0.25, -0.2) is 15.8 Å². The van der Waals surface area contributed by atoms with E-state index in [0.717, 1.165) is 12.2 Å². The normalized spacial score (nSPS) is 25.4. The van der Waals surface area contributed by atoms with E-state index in [4.69, 9.17) is 5.84 Å². The van der Waals surface area contributed by atoms with Gasteiger partial charge in [0.2, 0.25) is 0 Å². The Labute approximate surface area is 104 Å². The second kappa shape index (κ2) is 5.75. The van der Waals surface area contributed by atoms with Gasteiger partial charge in [-0.15, -0.1) is 11.8 Å². The molecule has 1 saturated heterocycles. The topological polar surface area (TPSA) is 63.8 Å². The number of hydrazine groups is 1. The van der Waals surface area contributed by atoms with Gasteiger partial charge in [0.05, 0.1) is 5.25 Å². The molecule has 0 aromatic carbocycles. The van der Waals surface area contributed by atoms with E-state index in [1.54, 1.807) is 12.3 Å². The van der Waals surface area contributed by atoms with Crippen LogP contribution in [0.3, 0.4) is 0 Å². The van der Waals surface area contributed by atoms with E-state index in [0.29, 0.717) is 16.3 Å². The first-order chi connectivity index (χ1) is 7.85. The molecule has 16 heavy (non-hydrogen) atoms. The highest BCUT2D eigenvalue weighted by Gasteiger charge is 2.28. The molecule has 2 rings (SSSR count). The third-order valence-corrected chi connectivity index (χ3v) is 5.77. The molecule has 0 radical (unpaired) electrons. The van der Waals surface area contributed by atoms with E-state index < -0.39 is 0 Å². The quantitative estimate of drug-likeness (QED) is 0.637. The summed E-state index contributed by atoms with van der Waals surface area (Å²) in [5, 5.41) is 1.02. The molecule has 0 amide bonds. The molecule has 2 heterocycles. The summed E-state index contributed by atoms with van der Waals surface area (Å²) >= 11 is 3.98. The second-order valence-electron chi connectivity index (χ2n) is 3.55. The van der Waals surface area contributed by atoms with Crippen LogP contribution < -0.4 is 11.3 Å². The smallest absolute Gasteiger partial charge is 0.144 e. The van der Waals surface area contributed by atoms with E-state index >= 15 is 0 Å². The third-order valence-electron chi connectivity index (χ3n) is 2.53. The first-order valence-electron chi connectivity index (χ1n) is 5.38. The van der Waals surface area contributed by atoms with Crippen LogP contribution in [0.4, 0.5) is 5.82 Å². The maximum Gasteiger partial charge on any atom is 0.144 e. The average molecular weight is 256 g/mol. The highest BCUT2D eigenvalue weighted by atomic mass is 32.2. The Morgan fingerprint density at radius 1 is 1.50 bits per heavy atom. The number of nitrogens with one attached hydrogen (secondary N) is 1. The first-order valence-corrected chi connectivity index (χ1v) is 7.47. The summed E-state index contributed by atoms with van der Waals surface area (Å²) in [4.78, 5) is 8.80. The molecule has 2 unspecified atom stereocenters. The minimum atomic E-state index is 0.400. The molecule has 1 aliphatic heterocycles. The van der Waals surface area contributed by atoms with Crippen molar-refractivity contribution in [3.05, 3.63) is 18.1 Å². The molecule has 4 nitrogen and oxygen atoms in total. The van der Waals surface area contributed by atoms with E-state index in [2.05, 4.69) is 22.3 Å². The third kappa shape index (κ3) is 2.61. The van der Waals surface area contributed by atoms with Crippen LogP contribution in [0, 0.1) is 0 Å². The number of hydrogen-bond donors (Lipinski definition) is 2. The van der Waals surface area contributed by atoms with E-state index in [1.807, 2.05) is 23.5 Å². The number of hydrogen-bond acceptors (Lipinski definition) is 6. The lowest BCUT2D eigenvalue weighted by Gasteiger charge is -2.28. The van der Waals surface area contributed by atoms with E-state index in [1.165, 1.54) is 11.5 Å². The lowest BCUT2D eigenvalue weighted by Crippen LogP contribution is -2.21. The zero-order valence-corrected chi connectivity index (χ0v) is 10.9. The van der Waals surface area contributed by atoms with Crippen molar-refractivity contribution >= 4 is 29.3 Å².